The van der Waals surface area contributed by atoms with Gasteiger partial charge in [0, 0.05) is 64.6 Å². The van der Waals surface area contributed by atoms with Crippen LogP contribution in [-0.4, -0.2) is 468 Å². The molecule has 0 saturated carbocycles. The van der Waals surface area contributed by atoms with Gasteiger partial charge in [0.25, 0.3) is 0 Å². The Kier molecular flexibility index (Phi) is 65.8. The van der Waals surface area contributed by atoms with Gasteiger partial charge in [-0.3, -0.25) is 32.7 Å². The highest BCUT2D eigenvalue weighted by Crippen LogP contribution is 2.42. The summed E-state index contributed by atoms with van der Waals surface area (Å²) in [7, 11) is -13.3. The lowest BCUT2D eigenvalue weighted by Gasteiger charge is -2.40. The zero-order chi connectivity index (χ0) is 92.7. The van der Waals surface area contributed by atoms with E-state index in [2.05, 4.69) is 24.2 Å². The summed E-state index contributed by atoms with van der Waals surface area (Å²) in [6, 6.07) is 0. The zero-order valence-corrected chi connectivity index (χ0v) is 73.9. The largest absolute Gasteiger partial charge is 0.469 e. The fourth-order valence-electron chi connectivity index (χ4n) is 11.7. The lowest BCUT2D eigenvalue weighted by Crippen LogP contribution is -2.59. The number of phosphoric acid groups is 3. The summed E-state index contributed by atoms with van der Waals surface area (Å²) in [5, 5.41) is 97.0. The zero-order valence-electron chi connectivity index (χ0n) is 71.2. The van der Waals surface area contributed by atoms with Crippen molar-refractivity contribution in [1.82, 2.24) is 10.6 Å². The van der Waals surface area contributed by atoms with E-state index in [1.165, 1.54) is 7.85 Å². The molecule has 0 spiro atoms. The molecule has 0 aromatic heterocycles. The molecule has 3 aliphatic rings. The van der Waals surface area contributed by atoms with Gasteiger partial charge in [-0.15, -0.1) is 0 Å². The van der Waals surface area contributed by atoms with E-state index >= 15 is 0 Å². The van der Waals surface area contributed by atoms with Crippen LogP contribution in [0, 0.1) is 5.41 Å². The van der Waals surface area contributed by atoms with Crippen LogP contribution >= 0.6 is 23.5 Å². The highest BCUT2D eigenvalue weighted by molar-refractivity contribution is 7.46. The van der Waals surface area contributed by atoms with Crippen molar-refractivity contribution in [3.63, 3.8) is 0 Å². The van der Waals surface area contributed by atoms with Crippen molar-refractivity contribution in [3.8, 4) is 0 Å². The number of nitrogens with one attached hydrogen (secondary N) is 2. The number of hydrogen-bond donors (Lipinski definition) is 17. The molecule has 15 unspecified atom stereocenters. The van der Waals surface area contributed by atoms with E-state index in [-0.39, 0.29) is 305 Å². The number of hydrogen-bond acceptors (Lipinski definition) is 42. The fourth-order valence-corrected chi connectivity index (χ4v) is 12.7. The molecular formula is C72H136BN2O48P3. The summed E-state index contributed by atoms with van der Waals surface area (Å²) in [5.74, 6) is -1.09. The number of ether oxygens (including phenoxy) is 22. The average molecular weight is 1900 g/mol. The van der Waals surface area contributed by atoms with Crippen molar-refractivity contribution in [2.24, 2.45) is 5.41 Å². The number of aliphatic hydroxyl groups excluding tert-OH is 9. The van der Waals surface area contributed by atoms with E-state index in [0.29, 0.717) is 39.3 Å². The van der Waals surface area contributed by atoms with Crippen LogP contribution in [0.1, 0.15) is 70.6 Å². The Balaban J connectivity index is 1.48. The first-order valence-corrected chi connectivity index (χ1v) is 46.1. The quantitative estimate of drug-likeness (QED) is 0.0153. The van der Waals surface area contributed by atoms with Crippen LogP contribution in [0.2, 0.25) is 0 Å². The van der Waals surface area contributed by atoms with Crippen LogP contribution in [0.5, 0.6) is 0 Å². The summed E-state index contributed by atoms with van der Waals surface area (Å²) in [4.78, 5) is 120. The Bertz CT molecular complexity index is 2710. The molecule has 15 atom stereocenters. The van der Waals surface area contributed by atoms with Crippen molar-refractivity contribution >= 4 is 60.4 Å². The molecule has 126 heavy (non-hydrogen) atoms. The predicted octanol–water partition coefficient (Wildman–Crippen LogP) is -7.14. The van der Waals surface area contributed by atoms with Crippen molar-refractivity contribution in [2.45, 2.75) is 163 Å². The summed E-state index contributed by atoms with van der Waals surface area (Å²) in [6.07, 6.45) is -23.0. The molecule has 0 bridgehead atoms. The predicted molar refractivity (Wildman–Crippen MR) is 428 cm³/mol. The lowest BCUT2D eigenvalue weighted by molar-refractivity contribution is -0.301. The summed E-state index contributed by atoms with van der Waals surface area (Å²) >= 11 is 0. The number of Topliss-reactive ketones (excluding diaryl/α,β-unsaturated/α-hetero) is 2. The molecule has 0 aromatic carbocycles. The Morgan fingerprint density at radius 3 is 0.810 bits per heavy atom. The molecular weight excluding hydrogens is 1760 g/mol. The molecule has 3 saturated heterocycles. The lowest BCUT2D eigenvalue weighted by atomic mass is 9.71. The monoisotopic (exact) mass is 1900 g/mol. The molecule has 0 radical (unpaired) electrons. The van der Waals surface area contributed by atoms with Gasteiger partial charge in [-0.25, -0.2) is 13.7 Å². The van der Waals surface area contributed by atoms with E-state index in [0.717, 1.165) is 0 Å². The molecule has 740 valence electrons. The van der Waals surface area contributed by atoms with E-state index < -0.39 is 141 Å². The molecule has 3 aliphatic heterocycles. The molecule has 0 aliphatic carbocycles. The van der Waals surface area contributed by atoms with Crippen molar-refractivity contribution in [2.75, 3.05) is 264 Å². The summed E-state index contributed by atoms with van der Waals surface area (Å²) in [6.45, 7) is 3.36. The van der Waals surface area contributed by atoms with Crippen molar-refractivity contribution in [3.05, 3.63) is 0 Å². The van der Waals surface area contributed by atoms with Gasteiger partial charge in [0.1, 0.15) is 84.8 Å². The summed E-state index contributed by atoms with van der Waals surface area (Å²) in [5.41, 5.74) is -0.991. The van der Waals surface area contributed by atoms with Gasteiger partial charge in [-0.05, 0) is 31.1 Å². The number of aliphatic hydroxyl groups is 9. The second-order valence-electron chi connectivity index (χ2n) is 28.6. The number of amides is 2. The third-order valence-corrected chi connectivity index (χ3v) is 20.0. The normalized spacial score (nSPS) is 23.6. The van der Waals surface area contributed by atoms with Gasteiger partial charge in [0.05, 0.1) is 250 Å². The second-order valence-corrected chi connectivity index (χ2v) is 32.3. The Morgan fingerprint density at radius 2 is 0.532 bits per heavy atom. The van der Waals surface area contributed by atoms with Gasteiger partial charge in [0.2, 0.25) is 11.8 Å². The fraction of sp³-hybridized carbons (Fsp3) is 0.931. The number of carbonyl (C=O) groups excluding carboxylic acids is 5. The minimum absolute atomic E-state index is 0.00790. The molecule has 0 aromatic rings. The van der Waals surface area contributed by atoms with Crippen LogP contribution in [0.4, 0.5) is 0 Å². The van der Waals surface area contributed by atoms with E-state index in [4.69, 9.17) is 134 Å². The molecule has 3 heterocycles. The van der Waals surface area contributed by atoms with Gasteiger partial charge >= 0.3 is 23.5 Å². The van der Waals surface area contributed by atoms with Crippen LogP contribution < -0.4 is 10.6 Å². The van der Waals surface area contributed by atoms with E-state index in [1.807, 2.05) is 0 Å². The Morgan fingerprint density at radius 1 is 0.286 bits per heavy atom. The molecule has 2 amide bonds. The molecule has 50 nitrogen and oxygen atoms in total. The first-order chi connectivity index (χ1) is 60.2. The van der Waals surface area contributed by atoms with Crippen LogP contribution in [-0.2, 0) is 155 Å². The highest BCUT2D eigenvalue weighted by atomic mass is 31.2. The first kappa shape index (κ1) is 117. The number of rotatable bonds is 84. The molecule has 17 N–H and O–H groups in total. The second kappa shape index (κ2) is 70.7. The van der Waals surface area contributed by atoms with Crippen LogP contribution in [0.3, 0.4) is 0 Å². The maximum absolute atomic E-state index is 14.0. The third-order valence-electron chi connectivity index (χ3n) is 18.5. The van der Waals surface area contributed by atoms with Crippen LogP contribution in [0.25, 0.3) is 0 Å². The molecule has 3 fully saturated rings. The maximum Gasteiger partial charge on any atom is 0.469 e. The van der Waals surface area contributed by atoms with Gasteiger partial charge < -0.3 is 195 Å². The Hall–Kier alpha value is -2.90. The maximum atomic E-state index is 14.0. The molecule has 54 heteroatoms. The van der Waals surface area contributed by atoms with Gasteiger partial charge in [0.15, 0.2) is 26.7 Å². The first-order valence-electron chi connectivity index (χ1n) is 41.6. The van der Waals surface area contributed by atoms with Crippen molar-refractivity contribution < 1.29 is 231 Å². The Labute approximate surface area is 731 Å². The van der Waals surface area contributed by atoms with Gasteiger partial charge in [-0.2, -0.15) is 0 Å². The van der Waals surface area contributed by atoms with Crippen molar-refractivity contribution in [1.29, 1.82) is 0 Å². The highest BCUT2D eigenvalue weighted by Gasteiger charge is 2.48. The minimum atomic E-state index is -4.92. The third kappa shape index (κ3) is 59.0. The van der Waals surface area contributed by atoms with E-state index in [9.17, 15) is 83.6 Å². The topological polar surface area (TPSA) is 695 Å². The van der Waals surface area contributed by atoms with Gasteiger partial charge in [-0.1, -0.05) is 0 Å². The standard InChI is InChI=1S/C72H136BN2O48P3/c73-57(78)7-15-101-20-25-106-30-29-105-24-19-100-14-6-53(77)48-72(8-3-52(76)2-1-13-99-18-23-104-28-33-109-36-39-112-42-45-115-69-66(87)63(84)60(81)54(121-69)49-118-124(90,91)92,9-4-58(79)74-11-16-102-21-26-107-31-34-110-37-40-113-43-46-116-70-67(88)64(85)61(82)55(122-70)50-119-125(93,94)95)10-5-59(80)75-12-17-103-22-27-108-32-35-111-38-41-114-44-47-117-71-68(89)65(86)62(83)56(123-71)51-120-126(96,97)98/h54-56,60-71,81-89H,1-51,73H2,(H,74,79)(H,75,80)(H2,90,91,92)(H2,93,94,95)(H2,96,97,98). The number of carbonyl (C=O) groups is 5. The minimum Gasteiger partial charge on any atom is -0.387 e. The van der Waals surface area contributed by atoms with Crippen LogP contribution in [0.15, 0.2) is 0 Å². The SMILES string of the molecule is BC(=O)CCOCCOCCOCCOCCC(=O)CC(CCC(=O)CCCOCCOCCOCCOCCOC1OC(COP(=O)(O)O)C(O)C(O)C1O)(CCC(=O)NCCOCCOCCOCCOCCOC1OC(COP(=O)(O)O)C(O)C(O)C1O)CCC(=O)NCCOCCOCCOCCOCCOC1OC(COP(=O)(O)O)C(O)C(O)C1O. The smallest absolute Gasteiger partial charge is 0.387 e. The van der Waals surface area contributed by atoms with E-state index in [1.54, 1.807) is 0 Å². The number of ketones is 2. The number of phosphoric ester groups is 3. The molecule has 3 rings (SSSR count). The summed E-state index contributed by atoms with van der Waals surface area (Å²) < 4.78 is 167. The average Bonchev–Trinajstić information content (AvgIpc) is 0.824.